The van der Waals surface area contributed by atoms with Gasteiger partial charge in [0.1, 0.15) is 11.9 Å². The van der Waals surface area contributed by atoms with Gasteiger partial charge in [0.15, 0.2) is 0 Å². The van der Waals surface area contributed by atoms with Gasteiger partial charge in [-0.3, -0.25) is 19.7 Å². The van der Waals surface area contributed by atoms with E-state index in [4.69, 9.17) is 0 Å². The number of nitro groups is 1. The normalized spacial score (nSPS) is 11.6. The Morgan fingerprint density at radius 3 is 2.76 bits per heavy atom. The summed E-state index contributed by atoms with van der Waals surface area (Å²) in [5, 5.41) is 16.3. The number of hydrogen-bond acceptors (Lipinski definition) is 6. The van der Waals surface area contributed by atoms with Gasteiger partial charge < -0.3 is 15.2 Å². The Bertz CT molecular complexity index is 1140. The number of aromatic nitrogens is 2. The van der Waals surface area contributed by atoms with Gasteiger partial charge in [-0.25, -0.2) is 9.37 Å². The van der Waals surface area contributed by atoms with Gasteiger partial charge in [-0.05, 0) is 42.2 Å². The zero-order valence-corrected chi connectivity index (χ0v) is 18.5. The molecule has 1 heterocycles. The molecule has 1 atom stereocenters. The van der Waals surface area contributed by atoms with Gasteiger partial charge in [0.2, 0.25) is 5.91 Å². The first kappa shape index (κ1) is 23.9. The van der Waals surface area contributed by atoms with Crippen LogP contribution in [0.1, 0.15) is 22.3 Å². The maximum absolute atomic E-state index is 14.4. The first-order valence-corrected chi connectivity index (χ1v) is 11.4. The van der Waals surface area contributed by atoms with Crippen LogP contribution in [0.4, 0.5) is 10.1 Å². The van der Waals surface area contributed by atoms with E-state index < -0.39 is 28.6 Å². The second-order valence-electron chi connectivity index (χ2n) is 7.09. The molecule has 2 amide bonds. The van der Waals surface area contributed by atoms with Gasteiger partial charge in [0.05, 0.1) is 16.9 Å². The van der Waals surface area contributed by atoms with Crippen LogP contribution in [-0.4, -0.2) is 44.3 Å². The molecule has 9 nitrogen and oxygen atoms in total. The second-order valence-corrected chi connectivity index (χ2v) is 8.07. The molecule has 0 aliphatic carbocycles. The van der Waals surface area contributed by atoms with Gasteiger partial charge in [0.25, 0.3) is 11.6 Å². The molecule has 1 aromatic heterocycles. The number of rotatable bonds is 10. The fourth-order valence-electron chi connectivity index (χ4n) is 3.09. The minimum Gasteiger partial charge on any atom is -0.350 e. The molecule has 0 spiro atoms. The minimum atomic E-state index is -0.848. The van der Waals surface area contributed by atoms with Crippen LogP contribution in [0.2, 0.25) is 0 Å². The molecule has 3 rings (SSSR count). The molecule has 0 saturated carbocycles. The quantitative estimate of drug-likeness (QED) is 0.346. The third kappa shape index (κ3) is 6.39. The van der Waals surface area contributed by atoms with E-state index >= 15 is 0 Å². The van der Waals surface area contributed by atoms with E-state index in [1.807, 2.05) is 6.26 Å². The predicted molar refractivity (Wildman–Crippen MR) is 123 cm³/mol. The number of amides is 2. The maximum Gasteiger partial charge on any atom is 0.270 e. The third-order valence-corrected chi connectivity index (χ3v) is 5.46. The van der Waals surface area contributed by atoms with Crippen molar-refractivity contribution in [3.63, 3.8) is 0 Å². The highest BCUT2D eigenvalue weighted by Gasteiger charge is 2.22. The molecule has 0 fully saturated rings. The fraction of sp³-hybridized carbons (Fsp3) is 0.227. The zero-order chi connectivity index (χ0) is 23.8. The number of carbonyl (C=O) groups is 2. The highest BCUT2D eigenvalue weighted by Crippen LogP contribution is 2.16. The van der Waals surface area contributed by atoms with Crippen LogP contribution in [0.25, 0.3) is 5.69 Å². The van der Waals surface area contributed by atoms with Gasteiger partial charge in [0, 0.05) is 36.6 Å². The third-order valence-electron chi connectivity index (χ3n) is 4.81. The number of imidazole rings is 1. The number of nitro benzene ring substituents is 1. The van der Waals surface area contributed by atoms with Crippen molar-refractivity contribution in [1.29, 1.82) is 0 Å². The average Bonchev–Trinajstić information content (AvgIpc) is 3.34. The lowest BCUT2D eigenvalue weighted by atomic mass is 10.1. The molecule has 33 heavy (non-hydrogen) atoms. The molecule has 0 aliphatic rings. The van der Waals surface area contributed by atoms with Crippen LogP contribution in [-0.2, 0) is 11.3 Å². The van der Waals surface area contributed by atoms with E-state index in [1.54, 1.807) is 29.1 Å². The summed E-state index contributed by atoms with van der Waals surface area (Å²) in [5.41, 5.74) is 0.764. The summed E-state index contributed by atoms with van der Waals surface area (Å²) >= 11 is 1.52. The number of hydrogen-bond donors (Lipinski definition) is 2. The van der Waals surface area contributed by atoms with Crippen molar-refractivity contribution >= 4 is 29.3 Å². The van der Waals surface area contributed by atoms with Gasteiger partial charge in [-0.2, -0.15) is 11.8 Å². The zero-order valence-electron chi connectivity index (χ0n) is 17.7. The minimum absolute atomic E-state index is 0.0718. The molecule has 172 valence electrons. The van der Waals surface area contributed by atoms with Crippen molar-refractivity contribution < 1.29 is 18.9 Å². The predicted octanol–water partition coefficient (Wildman–Crippen LogP) is 3.09. The summed E-state index contributed by atoms with van der Waals surface area (Å²) in [4.78, 5) is 39.6. The standard InChI is InChI=1S/C22H22FN5O4S/c1-33-10-7-19(26-21(29)16-3-2-4-17(12-16)28(31)32)22(30)25-13-15-5-6-20(18(23)11-15)27-9-8-24-14-27/h2-6,8-9,11-12,14,19H,7,10,13H2,1H3,(H,25,30)(H,26,29). The molecule has 3 aromatic rings. The number of halogens is 1. The van der Waals surface area contributed by atoms with E-state index in [1.165, 1.54) is 42.4 Å². The van der Waals surface area contributed by atoms with Gasteiger partial charge in [-0.1, -0.05) is 12.1 Å². The summed E-state index contributed by atoms with van der Waals surface area (Å²) in [5.74, 6) is -0.864. The Kier molecular flexibility index (Phi) is 8.14. The monoisotopic (exact) mass is 471 g/mol. The van der Waals surface area contributed by atoms with Crippen LogP contribution in [0.5, 0.6) is 0 Å². The lowest BCUT2D eigenvalue weighted by Gasteiger charge is -2.18. The molecule has 0 aliphatic heterocycles. The molecule has 0 saturated heterocycles. The number of nitrogens with one attached hydrogen (secondary N) is 2. The van der Waals surface area contributed by atoms with Crippen LogP contribution >= 0.6 is 11.8 Å². The Balaban J connectivity index is 1.65. The molecule has 0 radical (unpaired) electrons. The van der Waals surface area contributed by atoms with Crippen molar-refractivity contribution in [2.24, 2.45) is 0 Å². The lowest BCUT2D eigenvalue weighted by Crippen LogP contribution is -2.46. The van der Waals surface area contributed by atoms with Crippen LogP contribution in [0.3, 0.4) is 0 Å². The molecular weight excluding hydrogens is 449 g/mol. The maximum atomic E-state index is 14.4. The summed E-state index contributed by atoms with van der Waals surface area (Å²) in [7, 11) is 0. The number of thioether (sulfide) groups is 1. The van der Waals surface area contributed by atoms with Crippen LogP contribution in [0.15, 0.2) is 61.2 Å². The largest absolute Gasteiger partial charge is 0.350 e. The first-order valence-electron chi connectivity index (χ1n) is 9.97. The Morgan fingerprint density at radius 2 is 2.09 bits per heavy atom. The molecular formula is C22H22FN5O4S. The number of non-ortho nitro benzene ring substituents is 1. The van der Waals surface area contributed by atoms with Crippen LogP contribution < -0.4 is 10.6 Å². The Hall–Kier alpha value is -3.73. The lowest BCUT2D eigenvalue weighted by molar-refractivity contribution is -0.384. The summed E-state index contributed by atoms with van der Waals surface area (Å²) in [6, 6.07) is 9.05. The fourth-order valence-corrected chi connectivity index (χ4v) is 3.56. The second kappa shape index (κ2) is 11.2. The van der Waals surface area contributed by atoms with Gasteiger partial charge >= 0.3 is 0 Å². The summed E-state index contributed by atoms with van der Waals surface area (Å²) in [6.07, 6.45) is 6.90. The van der Waals surface area contributed by atoms with E-state index in [9.17, 15) is 24.1 Å². The highest BCUT2D eigenvalue weighted by molar-refractivity contribution is 7.98. The van der Waals surface area contributed by atoms with Crippen molar-refractivity contribution in [2.45, 2.75) is 19.0 Å². The van der Waals surface area contributed by atoms with E-state index in [0.29, 0.717) is 23.4 Å². The number of nitrogens with zero attached hydrogens (tertiary/aromatic N) is 3. The van der Waals surface area contributed by atoms with Crippen molar-refractivity contribution in [2.75, 3.05) is 12.0 Å². The molecule has 11 heteroatoms. The number of carbonyl (C=O) groups excluding carboxylic acids is 2. The molecule has 1 unspecified atom stereocenters. The smallest absolute Gasteiger partial charge is 0.270 e. The molecule has 2 N–H and O–H groups in total. The first-order chi connectivity index (χ1) is 15.9. The van der Waals surface area contributed by atoms with E-state index in [-0.39, 0.29) is 17.8 Å². The topological polar surface area (TPSA) is 119 Å². The van der Waals surface area contributed by atoms with E-state index in [2.05, 4.69) is 15.6 Å². The average molecular weight is 472 g/mol. The van der Waals surface area contributed by atoms with Crippen molar-refractivity contribution in [3.05, 3.63) is 88.2 Å². The van der Waals surface area contributed by atoms with E-state index in [0.717, 1.165) is 6.07 Å². The summed E-state index contributed by atoms with van der Waals surface area (Å²) < 4.78 is 16.0. The Labute approximate surface area is 193 Å². The van der Waals surface area contributed by atoms with Crippen molar-refractivity contribution in [3.8, 4) is 5.69 Å². The SMILES string of the molecule is CSCCC(NC(=O)c1cccc([N+](=O)[O-])c1)C(=O)NCc1ccc(-n2ccnc2)c(F)c1. The van der Waals surface area contributed by atoms with Crippen molar-refractivity contribution in [1.82, 2.24) is 20.2 Å². The highest BCUT2D eigenvalue weighted by atomic mass is 32.2. The number of benzene rings is 2. The van der Waals surface area contributed by atoms with Crippen LogP contribution in [0, 0.1) is 15.9 Å². The molecule has 2 aromatic carbocycles. The summed E-state index contributed by atoms with van der Waals surface area (Å²) in [6.45, 7) is 0.0718. The van der Waals surface area contributed by atoms with Gasteiger partial charge in [-0.15, -0.1) is 0 Å². The Morgan fingerprint density at radius 1 is 1.27 bits per heavy atom. The molecule has 0 bridgehead atoms.